The smallest absolute Gasteiger partial charge is 0.321 e. The van der Waals surface area contributed by atoms with Gasteiger partial charge in [-0.25, -0.2) is 0 Å². The first kappa shape index (κ1) is 31.5. The number of piperidine rings is 1. The average Bonchev–Trinajstić information content (AvgIpc) is 3.64. The van der Waals surface area contributed by atoms with Gasteiger partial charge in [-0.1, -0.05) is 81.2 Å². The van der Waals surface area contributed by atoms with Crippen molar-refractivity contribution in [2.75, 3.05) is 32.7 Å². The lowest BCUT2D eigenvalue weighted by atomic mass is 9.68. The Morgan fingerprint density at radius 3 is 2.55 bits per heavy atom. The van der Waals surface area contributed by atoms with E-state index in [0.29, 0.717) is 29.6 Å². The summed E-state index contributed by atoms with van der Waals surface area (Å²) < 4.78 is 2.27. The Balaban J connectivity index is 1.12. The largest absolute Gasteiger partial charge is 0.480 e. The van der Waals surface area contributed by atoms with Crippen LogP contribution in [0.4, 0.5) is 0 Å². The van der Waals surface area contributed by atoms with Gasteiger partial charge in [-0.3, -0.25) is 14.4 Å². The van der Waals surface area contributed by atoms with Gasteiger partial charge in [0.25, 0.3) is 0 Å². The average molecular weight is 601 g/mol. The fraction of sp³-hybridized carbons (Fsp3) is 0.684. The molecule has 0 bridgehead atoms. The SMILES string of the molecule is CCn1nc(CC2=CC=CCC2C)cc1C1CCN(C[C@H]2CN([C@@H](C(=O)O)C3CCCCC3)C[C@@H]2C2(C)C=CC=CC2)CC1. The molecule has 240 valence electrons. The minimum atomic E-state index is -0.598. The molecule has 5 aliphatic rings. The third-order valence-electron chi connectivity index (χ3n) is 12.0. The van der Waals surface area contributed by atoms with Crippen LogP contribution in [0.5, 0.6) is 0 Å². The van der Waals surface area contributed by atoms with E-state index in [1.54, 1.807) is 0 Å². The van der Waals surface area contributed by atoms with Crippen LogP contribution in [0.15, 0.2) is 54.2 Å². The molecule has 5 atom stereocenters. The highest BCUT2D eigenvalue weighted by molar-refractivity contribution is 5.74. The van der Waals surface area contributed by atoms with Gasteiger partial charge in [-0.05, 0) is 93.7 Å². The molecule has 6 heteroatoms. The first-order valence-corrected chi connectivity index (χ1v) is 17.8. The van der Waals surface area contributed by atoms with Crippen molar-refractivity contribution in [3.8, 4) is 0 Å². The van der Waals surface area contributed by atoms with Crippen LogP contribution in [-0.2, 0) is 17.8 Å². The minimum absolute atomic E-state index is 0.0905. The number of hydrogen-bond donors (Lipinski definition) is 1. The standard InChI is InChI=1S/C38H56N4O2/c1-4-42-35(24-33(39-42)23-31-16-10-9-13-28(31)2)29-17-21-40(22-18-29)25-32-26-41(27-34(32)38(3)19-11-6-12-20-38)36(37(43)44)30-14-7-5-8-15-30/h6,9-12,16,19,24,28-30,32,34,36H,4-5,7-8,13-15,17-18,20-23,25-27H2,1-3H3,(H,43,44)/t28?,32-,34-,36+,38?/m0/s1. The van der Waals surface area contributed by atoms with Gasteiger partial charge in [0.1, 0.15) is 6.04 Å². The van der Waals surface area contributed by atoms with Gasteiger partial charge in [0.15, 0.2) is 0 Å². The normalized spacial score (nSPS) is 31.4. The molecule has 6 nitrogen and oxygen atoms in total. The monoisotopic (exact) mass is 600 g/mol. The number of carbonyl (C=O) groups is 1. The van der Waals surface area contributed by atoms with Crippen molar-refractivity contribution in [1.82, 2.24) is 19.6 Å². The molecule has 3 aliphatic carbocycles. The quantitative estimate of drug-likeness (QED) is 0.307. The molecular weight excluding hydrogens is 544 g/mol. The van der Waals surface area contributed by atoms with E-state index in [9.17, 15) is 9.90 Å². The van der Waals surface area contributed by atoms with Crippen LogP contribution in [0.1, 0.15) is 95.9 Å². The van der Waals surface area contributed by atoms with E-state index in [-0.39, 0.29) is 11.5 Å². The van der Waals surface area contributed by atoms with Crippen LogP contribution in [-0.4, -0.2) is 69.4 Å². The molecule has 0 aromatic carbocycles. The number of rotatable bonds is 10. The maximum Gasteiger partial charge on any atom is 0.321 e. The molecule has 2 unspecified atom stereocenters. The summed E-state index contributed by atoms with van der Waals surface area (Å²) in [6, 6.07) is 2.08. The molecule has 1 aromatic heterocycles. The zero-order valence-electron chi connectivity index (χ0n) is 27.5. The van der Waals surface area contributed by atoms with E-state index in [1.165, 1.54) is 49.1 Å². The second kappa shape index (κ2) is 13.9. The minimum Gasteiger partial charge on any atom is -0.480 e. The van der Waals surface area contributed by atoms with E-state index in [4.69, 9.17) is 5.10 Å². The van der Waals surface area contributed by atoms with E-state index in [1.807, 2.05) is 0 Å². The first-order chi connectivity index (χ1) is 21.3. The predicted molar refractivity (Wildman–Crippen MR) is 179 cm³/mol. The topological polar surface area (TPSA) is 61.6 Å². The van der Waals surface area contributed by atoms with Crippen molar-refractivity contribution in [2.45, 2.75) is 103 Å². The van der Waals surface area contributed by atoms with Gasteiger partial charge in [-0.2, -0.15) is 5.10 Å². The van der Waals surface area contributed by atoms with Crippen molar-refractivity contribution in [3.63, 3.8) is 0 Å². The van der Waals surface area contributed by atoms with Crippen LogP contribution < -0.4 is 0 Å². The number of nitrogens with zero attached hydrogens (tertiary/aromatic N) is 4. The molecule has 3 heterocycles. The number of allylic oxidation sites excluding steroid dienone is 8. The Morgan fingerprint density at radius 2 is 1.86 bits per heavy atom. The van der Waals surface area contributed by atoms with E-state index in [0.717, 1.165) is 71.4 Å². The van der Waals surface area contributed by atoms with Crippen molar-refractivity contribution in [1.29, 1.82) is 0 Å². The van der Waals surface area contributed by atoms with Gasteiger partial charge in [0.05, 0.1) is 5.69 Å². The van der Waals surface area contributed by atoms with Crippen LogP contribution in [0.3, 0.4) is 0 Å². The van der Waals surface area contributed by atoms with E-state index >= 15 is 0 Å². The number of aryl methyl sites for hydroxylation is 1. The fourth-order valence-corrected chi connectivity index (χ4v) is 9.32. The van der Waals surface area contributed by atoms with Crippen molar-refractivity contribution < 1.29 is 9.90 Å². The van der Waals surface area contributed by atoms with E-state index in [2.05, 4.69) is 83.9 Å². The highest BCUT2D eigenvalue weighted by Crippen LogP contribution is 2.46. The number of aromatic nitrogens is 2. The lowest BCUT2D eigenvalue weighted by Crippen LogP contribution is -2.46. The Hall–Kier alpha value is -2.44. The number of likely N-dealkylation sites (tertiary alicyclic amines) is 2. The number of carboxylic acids is 1. The second-order valence-electron chi connectivity index (χ2n) is 14.9. The predicted octanol–water partition coefficient (Wildman–Crippen LogP) is 7.25. The number of aliphatic carboxylic acids is 1. The molecule has 1 N–H and O–H groups in total. The fourth-order valence-electron chi connectivity index (χ4n) is 9.32. The number of hydrogen-bond acceptors (Lipinski definition) is 4. The van der Waals surface area contributed by atoms with Gasteiger partial charge in [0.2, 0.25) is 0 Å². The van der Waals surface area contributed by atoms with Gasteiger partial charge in [-0.15, -0.1) is 0 Å². The Kier molecular flexibility index (Phi) is 9.97. The summed E-state index contributed by atoms with van der Waals surface area (Å²) in [5.74, 6) is 1.83. The van der Waals surface area contributed by atoms with Crippen LogP contribution >= 0.6 is 0 Å². The van der Waals surface area contributed by atoms with E-state index < -0.39 is 5.97 Å². The first-order valence-electron chi connectivity index (χ1n) is 17.8. The Labute approximate surface area is 265 Å². The highest BCUT2D eigenvalue weighted by atomic mass is 16.4. The molecule has 3 fully saturated rings. The molecule has 0 radical (unpaired) electrons. The molecular formula is C38H56N4O2. The zero-order valence-corrected chi connectivity index (χ0v) is 27.5. The molecule has 0 spiro atoms. The summed E-state index contributed by atoms with van der Waals surface area (Å²) in [6.45, 7) is 13.0. The molecule has 1 saturated carbocycles. The molecule has 0 amide bonds. The van der Waals surface area contributed by atoms with Gasteiger partial charge >= 0.3 is 5.97 Å². The summed E-state index contributed by atoms with van der Waals surface area (Å²) >= 11 is 0. The second-order valence-corrected chi connectivity index (χ2v) is 14.9. The molecule has 44 heavy (non-hydrogen) atoms. The van der Waals surface area contributed by atoms with Crippen LogP contribution in [0.25, 0.3) is 0 Å². The van der Waals surface area contributed by atoms with Gasteiger partial charge in [0, 0.05) is 44.2 Å². The summed E-state index contributed by atoms with van der Waals surface area (Å²) in [7, 11) is 0. The molecule has 2 saturated heterocycles. The van der Waals surface area contributed by atoms with Crippen molar-refractivity contribution in [3.05, 3.63) is 65.6 Å². The lowest BCUT2D eigenvalue weighted by molar-refractivity contribution is -0.145. The summed E-state index contributed by atoms with van der Waals surface area (Å²) in [5.41, 5.74) is 4.24. The van der Waals surface area contributed by atoms with Crippen LogP contribution in [0.2, 0.25) is 0 Å². The Morgan fingerprint density at radius 1 is 1.07 bits per heavy atom. The maximum absolute atomic E-state index is 12.7. The highest BCUT2D eigenvalue weighted by Gasteiger charge is 2.48. The lowest BCUT2D eigenvalue weighted by Gasteiger charge is -2.40. The maximum atomic E-state index is 12.7. The molecule has 1 aromatic rings. The summed E-state index contributed by atoms with van der Waals surface area (Å²) in [5, 5.41) is 15.5. The molecule has 2 aliphatic heterocycles. The molecule has 6 rings (SSSR count). The van der Waals surface area contributed by atoms with Crippen molar-refractivity contribution >= 4 is 5.97 Å². The third-order valence-corrected chi connectivity index (χ3v) is 12.0. The third kappa shape index (κ3) is 6.87. The summed E-state index contributed by atoms with van der Waals surface area (Å²) in [6.07, 6.45) is 27.2. The van der Waals surface area contributed by atoms with Crippen molar-refractivity contribution in [2.24, 2.45) is 29.1 Å². The number of carboxylic acid groups (broad SMARTS) is 1. The van der Waals surface area contributed by atoms with Crippen LogP contribution in [0, 0.1) is 29.1 Å². The Bertz CT molecular complexity index is 1260. The summed E-state index contributed by atoms with van der Waals surface area (Å²) in [4.78, 5) is 17.8. The zero-order chi connectivity index (χ0) is 30.7. The van der Waals surface area contributed by atoms with Gasteiger partial charge < -0.3 is 10.0 Å².